The maximum absolute atomic E-state index is 9.91. The highest BCUT2D eigenvalue weighted by Gasteiger charge is 2.12. The Balaban J connectivity index is 2.25. The van der Waals surface area contributed by atoms with Crippen molar-refractivity contribution in [2.45, 2.75) is 19.9 Å². The molecule has 2 aromatic carbocycles. The van der Waals surface area contributed by atoms with E-state index in [1.54, 1.807) is 6.07 Å². The van der Waals surface area contributed by atoms with E-state index in [4.69, 9.17) is 0 Å². The Morgan fingerprint density at radius 3 is 2.43 bits per heavy atom. The summed E-state index contributed by atoms with van der Waals surface area (Å²) in [4.78, 5) is 2.07. The van der Waals surface area contributed by atoms with Crippen LogP contribution in [0.3, 0.4) is 0 Å². The molecule has 0 fully saturated rings. The summed E-state index contributed by atoms with van der Waals surface area (Å²) in [6.45, 7) is 4.02. The molecule has 0 saturated heterocycles. The molecule has 0 aliphatic carbocycles. The number of aryl methyl sites for hydroxylation is 1. The zero-order valence-corrected chi connectivity index (χ0v) is 12.9. The van der Waals surface area contributed by atoms with Gasteiger partial charge < -0.3 is 20.4 Å². The highest BCUT2D eigenvalue weighted by Crippen LogP contribution is 2.31. The molecule has 0 saturated carbocycles. The SMILES string of the molecule is Cc1ccc(NC(C)c2cc(O)ccc2O)cc1N(C)C. The normalized spacial score (nSPS) is 12.0. The minimum absolute atomic E-state index is 0.116. The fourth-order valence-electron chi connectivity index (χ4n) is 2.40. The van der Waals surface area contributed by atoms with Gasteiger partial charge in [0.15, 0.2) is 0 Å². The molecule has 0 heterocycles. The summed E-state index contributed by atoms with van der Waals surface area (Å²) >= 11 is 0. The number of nitrogens with one attached hydrogen (secondary N) is 1. The Kier molecular flexibility index (Phi) is 4.26. The van der Waals surface area contributed by atoms with Crippen molar-refractivity contribution < 1.29 is 10.2 Å². The topological polar surface area (TPSA) is 55.7 Å². The third-order valence-electron chi connectivity index (χ3n) is 3.55. The molecule has 3 N–H and O–H groups in total. The van der Waals surface area contributed by atoms with Gasteiger partial charge in [-0.2, -0.15) is 0 Å². The summed E-state index contributed by atoms with van der Waals surface area (Å²) in [5.74, 6) is 0.321. The standard InChI is InChI=1S/C17H22N2O2/c1-11-5-6-13(9-16(11)19(3)4)18-12(2)15-10-14(20)7-8-17(15)21/h5-10,12,18,20-21H,1-4H3. The average Bonchev–Trinajstić information content (AvgIpc) is 2.43. The van der Waals surface area contributed by atoms with E-state index in [0.717, 1.165) is 11.4 Å². The van der Waals surface area contributed by atoms with Crippen LogP contribution in [0.5, 0.6) is 11.5 Å². The van der Waals surface area contributed by atoms with Crippen molar-refractivity contribution >= 4 is 11.4 Å². The Morgan fingerprint density at radius 1 is 1.05 bits per heavy atom. The van der Waals surface area contributed by atoms with Crippen molar-refractivity contribution in [3.05, 3.63) is 47.5 Å². The van der Waals surface area contributed by atoms with Crippen molar-refractivity contribution in [3.8, 4) is 11.5 Å². The first kappa shape index (κ1) is 15.0. The fraction of sp³-hybridized carbons (Fsp3) is 0.294. The summed E-state index contributed by atoms with van der Waals surface area (Å²) in [5.41, 5.74) is 3.99. The molecular formula is C17H22N2O2. The quantitative estimate of drug-likeness (QED) is 0.751. The van der Waals surface area contributed by atoms with Gasteiger partial charge in [0.1, 0.15) is 11.5 Å². The van der Waals surface area contributed by atoms with Gasteiger partial charge in [0.2, 0.25) is 0 Å². The van der Waals surface area contributed by atoms with Gasteiger partial charge in [-0.1, -0.05) is 6.07 Å². The first-order chi connectivity index (χ1) is 9.88. The number of aromatic hydroxyl groups is 2. The van der Waals surface area contributed by atoms with Gasteiger partial charge in [0.25, 0.3) is 0 Å². The Morgan fingerprint density at radius 2 is 1.76 bits per heavy atom. The summed E-state index contributed by atoms with van der Waals surface area (Å²) in [5, 5.41) is 22.8. The van der Waals surface area contributed by atoms with Crippen molar-refractivity contribution in [2.24, 2.45) is 0 Å². The molecule has 0 aliphatic rings. The number of anilines is 2. The van der Waals surface area contributed by atoms with Gasteiger partial charge in [0, 0.05) is 31.0 Å². The summed E-state index contributed by atoms with van der Waals surface area (Å²) < 4.78 is 0. The van der Waals surface area contributed by atoms with E-state index in [9.17, 15) is 10.2 Å². The highest BCUT2D eigenvalue weighted by atomic mass is 16.3. The Hall–Kier alpha value is -2.36. The van der Waals surface area contributed by atoms with Crippen LogP contribution in [-0.2, 0) is 0 Å². The molecule has 1 atom stereocenters. The zero-order valence-electron chi connectivity index (χ0n) is 12.9. The summed E-state index contributed by atoms with van der Waals surface area (Å²) in [7, 11) is 4.02. The van der Waals surface area contributed by atoms with Crippen LogP contribution in [0, 0.1) is 6.92 Å². The predicted molar refractivity (Wildman–Crippen MR) is 87.3 cm³/mol. The molecule has 2 rings (SSSR count). The smallest absolute Gasteiger partial charge is 0.121 e. The molecule has 112 valence electrons. The largest absolute Gasteiger partial charge is 0.508 e. The highest BCUT2D eigenvalue weighted by molar-refractivity contribution is 5.62. The van der Waals surface area contributed by atoms with E-state index in [1.165, 1.54) is 17.7 Å². The molecule has 1 unspecified atom stereocenters. The summed E-state index contributed by atoms with van der Waals surface area (Å²) in [6, 6.07) is 10.6. The number of phenols is 2. The van der Waals surface area contributed by atoms with Crippen LogP contribution >= 0.6 is 0 Å². The molecular weight excluding hydrogens is 264 g/mol. The lowest BCUT2D eigenvalue weighted by molar-refractivity contribution is 0.451. The van der Waals surface area contributed by atoms with Gasteiger partial charge in [0.05, 0.1) is 6.04 Å². The molecule has 0 radical (unpaired) electrons. The fourth-order valence-corrected chi connectivity index (χ4v) is 2.40. The van der Waals surface area contributed by atoms with E-state index in [2.05, 4.69) is 29.3 Å². The molecule has 2 aromatic rings. The van der Waals surface area contributed by atoms with Crippen molar-refractivity contribution in [2.75, 3.05) is 24.3 Å². The second-order valence-corrected chi connectivity index (χ2v) is 5.50. The summed E-state index contributed by atoms with van der Waals surface area (Å²) in [6.07, 6.45) is 0. The van der Waals surface area contributed by atoms with Crippen LogP contribution in [-0.4, -0.2) is 24.3 Å². The minimum Gasteiger partial charge on any atom is -0.508 e. The van der Waals surface area contributed by atoms with Gasteiger partial charge in [-0.15, -0.1) is 0 Å². The zero-order chi connectivity index (χ0) is 15.6. The molecule has 21 heavy (non-hydrogen) atoms. The number of nitrogens with zero attached hydrogens (tertiary/aromatic N) is 1. The maximum atomic E-state index is 9.91. The molecule has 0 aliphatic heterocycles. The lowest BCUT2D eigenvalue weighted by Crippen LogP contribution is -2.12. The van der Waals surface area contributed by atoms with Crippen LogP contribution in [0.15, 0.2) is 36.4 Å². The van der Waals surface area contributed by atoms with Gasteiger partial charge >= 0.3 is 0 Å². The number of hydrogen-bond acceptors (Lipinski definition) is 4. The van der Waals surface area contributed by atoms with E-state index in [-0.39, 0.29) is 17.5 Å². The third-order valence-corrected chi connectivity index (χ3v) is 3.55. The van der Waals surface area contributed by atoms with Crippen LogP contribution in [0.2, 0.25) is 0 Å². The van der Waals surface area contributed by atoms with E-state index < -0.39 is 0 Å². The van der Waals surface area contributed by atoms with Crippen LogP contribution < -0.4 is 10.2 Å². The monoisotopic (exact) mass is 286 g/mol. The van der Waals surface area contributed by atoms with Crippen molar-refractivity contribution in [3.63, 3.8) is 0 Å². The van der Waals surface area contributed by atoms with E-state index >= 15 is 0 Å². The van der Waals surface area contributed by atoms with Crippen molar-refractivity contribution in [1.82, 2.24) is 0 Å². The lowest BCUT2D eigenvalue weighted by atomic mass is 10.1. The number of benzene rings is 2. The Bertz CT molecular complexity index is 639. The number of phenolic OH excluding ortho intramolecular Hbond substituents is 2. The van der Waals surface area contributed by atoms with Crippen LogP contribution in [0.25, 0.3) is 0 Å². The van der Waals surface area contributed by atoms with Crippen LogP contribution in [0.4, 0.5) is 11.4 Å². The van der Waals surface area contributed by atoms with E-state index in [0.29, 0.717) is 5.56 Å². The first-order valence-corrected chi connectivity index (χ1v) is 6.95. The molecule has 4 nitrogen and oxygen atoms in total. The molecule has 0 amide bonds. The van der Waals surface area contributed by atoms with E-state index in [1.807, 2.05) is 27.1 Å². The first-order valence-electron chi connectivity index (χ1n) is 6.95. The van der Waals surface area contributed by atoms with Crippen molar-refractivity contribution in [1.29, 1.82) is 0 Å². The number of rotatable bonds is 4. The van der Waals surface area contributed by atoms with Crippen LogP contribution in [0.1, 0.15) is 24.1 Å². The second kappa shape index (κ2) is 5.95. The number of hydrogen-bond donors (Lipinski definition) is 3. The predicted octanol–water partition coefficient (Wildman–Crippen LogP) is 3.65. The second-order valence-electron chi connectivity index (χ2n) is 5.50. The molecule has 0 spiro atoms. The van der Waals surface area contributed by atoms with Gasteiger partial charge in [-0.05, 0) is 49.7 Å². The van der Waals surface area contributed by atoms with Gasteiger partial charge in [-0.3, -0.25) is 0 Å². The lowest BCUT2D eigenvalue weighted by Gasteiger charge is -2.21. The molecule has 0 aromatic heterocycles. The Labute approximate surface area is 125 Å². The average molecular weight is 286 g/mol. The molecule has 4 heteroatoms. The third kappa shape index (κ3) is 3.40. The molecule has 0 bridgehead atoms. The van der Waals surface area contributed by atoms with Gasteiger partial charge in [-0.25, -0.2) is 0 Å². The minimum atomic E-state index is -0.116. The maximum Gasteiger partial charge on any atom is 0.121 e.